The maximum Gasteiger partial charge on any atom is 0.266 e. The first kappa shape index (κ1) is 51.3. The Morgan fingerprint density at radius 1 is 0.274 bits per heavy atom. The fourth-order valence-electron chi connectivity index (χ4n) is 14.5. The van der Waals surface area contributed by atoms with Gasteiger partial charge in [0.05, 0.1) is 11.4 Å². The van der Waals surface area contributed by atoms with Crippen LogP contribution in [0, 0.1) is 0 Å². The third kappa shape index (κ3) is 6.88. The fraction of sp³-hybridized carbons (Fsp3) is 0.162. The SMILES string of the molecule is CC(C)c1cccc(C(C)C)c1N1C(=O)c2cc(-c3cccs3)c3c4ccc5c6c(-c7cccs7)cc7c8c(cc(-c9cccs9)c(c9ccc(c%10c(-c%11cccs%11)cc(c2c3%10)C1=O)c4c59)c86)C(=O)N(c1c(C(C)C)cccc1C(C)C)C7=O. The summed E-state index contributed by atoms with van der Waals surface area (Å²) in [7, 11) is 0. The van der Waals surface area contributed by atoms with Gasteiger partial charge in [0.25, 0.3) is 23.6 Å². The maximum atomic E-state index is 15.9. The van der Waals surface area contributed by atoms with Crippen molar-refractivity contribution in [1.29, 1.82) is 0 Å². The highest BCUT2D eigenvalue weighted by atomic mass is 32.1. The summed E-state index contributed by atoms with van der Waals surface area (Å²) in [5.74, 6) is -1.08. The number of hydrogen-bond donors (Lipinski definition) is 0. The van der Waals surface area contributed by atoms with Crippen molar-refractivity contribution >= 4 is 156 Å². The summed E-state index contributed by atoms with van der Waals surface area (Å²) in [6.07, 6.45) is 0. The number of carbonyl (C=O) groups is 4. The van der Waals surface area contributed by atoms with Gasteiger partial charge in [-0.1, -0.05) is 140 Å². The van der Waals surface area contributed by atoms with Gasteiger partial charge in [-0.05, 0) is 170 Å². The summed E-state index contributed by atoms with van der Waals surface area (Å²) in [5, 5.41) is 21.8. The van der Waals surface area contributed by atoms with Crippen molar-refractivity contribution in [3.05, 3.63) is 199 Å². The number of nitrogens with zero attached hydrogens (tertiary/aromatic N) is 2. The zero-order valence-electron chi connectivity index (χ0n) is 47.5. The lowest BCUT2D eigenvalue weighted by Gasteiger charge is -2.34. The van der Waals surface area contributed by atoms with E-state index in [0.717, 1.165) is 129 Å². The molecule has 6 heterocycles. The lowest BCUT2D eigenvalue weighted by atomic mass is 9.76. The number of benzene rings is 10. The van der Waals surface area contributed by atoms with Gasteiger partial charge in [0.1, 0.15) is 0 Å². The minimum Gasteiger partial charge on any atom is -0.268 e. The Labute approximate surface area is 501 Å². The van der Waals surface area contributed by atoms with Gasteiger partial charge in [-0.15, -0.1) is 45.3 Å². The lowest BCUT2D eigenvalue weighted by Crippen LogP contribution is -2.42. The molecule has 0 saturated heterocycles. The second-order valence-electron chi connectivity index (χ2n) is 23.9. The number of fused-ring (bicyclic) bond motifs is 4. The second-order valence-corrected chi connectivity index (χ2v) is 27.7. The van der Waals surface area contributed by atoms with E-state index in [0.29, 0.717) is 44.4 Å². The Bertz CT molecular complexity index is 4540. The van der Waals surface area contributed by atoms with E-state index >= 15 is 19.2 Å². The van der Waals surface area contributed by atoms with E-state index in [9.17, 15) is 0 Å². The van der Waals surface area contributed by atoms with Gasteiger partial charge in [0, 0.05) is 85.6 Å². The van der Waals surface area contributed by atoms with Crippen LogP contribution in [0.3, 0.4) is 0 Å². The highest BCUT2D eigenvalue weighted by Crippen LogP contribution is 2.58. The van der Waals surface area contributed by atoms with Crippen LogP contribution in [-0.4, -0.2) is 23.6 Å². The first-order valence-corrected chi connectivity index (χ1v) is 32.4. The molecule has 14 aromatic rings. The van der Waals surface area contributed by atoms with Crippen molar-refractivity contribution in [2.24, 2.45) is 0 Å². The normalized spacial score (nSPS) is 14.0. The van der Waals surface area contributed by atoms with Crippen LogP contribution in [0.15, 0.2) is 155 Å². The molecule has 4 aromatic heterocycles. The molecular formula is C74H54N2O4S4. The van der Waals surface area contributed by atoms with Crippen LogP contribution in [0.5, 0.6) is 0 Å². The van der Waals surface area contributed by atoms with E-state index in [4.69, 9.17) is 0 Å². The van der Waals surface area contributed by atoms with E-state index in [2.05, 4.69) is 198 Å². The minimum atomic E-state index is -0.318. The summed E-state index contributed by atoms with van der Waals surface area (Å²) < 4.78 is 0. The molecule has 0 atom stereocenters. The topological polar surface area (TPSA) is 74.8 Å². The first-order chi connectivity index (χ1) is 40.7. The molecule has 4 amide bonds. The van der Waals surface area contributed by atoms with Gasteiger partial charge in [-0.25, -0.2) is 9.80 Å². The smallest absolute Gasteiger partial charge is 0.266 e. The molecular weight excluding hydrogens is 1110 g/mol. The molecule has 84 heavy (non-hydrogen) atoms. The summed E-state index contributed by atoms with van der Waals surface area (Å²) >= 11 is 6.59. The Morgan fingerprint density at radius 2 is 0.524 bits per heavy atom. The van der Waals surface area contributed by atoms with Crippen LogP contribution >= 0.6 is 45.3 Å². The molecule has 408 valence electrons. The Hall–Kier alpha value is -8.38. The summed E-state index contributed by atoms with van der Waals surface area (Å²) in [5.41, 5.74) is 11.0. The van der Waals surface area contributed by atoms with E-state index in [1.165, 1.54) is 9.80 Å². The number of para-hydroxylation sites is 2. The minimum absolute atomic E-state index is 0.0480. The quantitative estimate of drug-likeness (QED) is 0.0777. The molecule has 0 aliphatic carbocycles. The number of thiophene rings is 4. The maximum absolute atomic E-state index is 15.9. The van der Waals surface area contributed by atoms with Gasteiger partial charge < -0.3 is 0 Å². The van der Waals surface area contributed by atoms with Crippen molar-refractivity contribution in [1.82, 2.24) is 0 Å². The molecule has 2 aliphatic heterocycles. The third-order valence-electron chi connectivity index (χ3n) is 18.1. The van der Waals surface area contributed by atoms with Crippen molar-refractivity contribution in [3.8, 4) is 41.8 Å². The molecule has 0 fully saturated rings. The number of anilines is 2. The van der Waals surface area contributed by atoms with Gasteiger partial charge >= 0.3 is 0 Å². The molecule has 10 aromatic carbocycles. The Kier molecular flexibility index (Phi) is 11.3. The van der Waals surface area contributed by atoms with Crippen LogP contribution < -0.4 is 9.80 Å². The number of rotatable bonds is 10. The van der Waals surface area contributed by atoms with Crippen molar-refractivity contribution < 1.29 is 19.2 Å². The van der Waals surface area contributed by atoms with Crippen LogP contribution in [0.25, 0.3) is 117 Å². The molecule has 0 radical (unpaired) electrons. The van der Waals surface area contributed by atoms with Crippen LogP contribution in [0.4, 0.5) is 11.4 Å². The lowest BCUT2D eigenvalue weighted by molar-refractivity contribution is 0.0877. The second kappa shape index (κ2) is 18.6. The number of carbonyl (C=O) groups excluding carboxylic acids is 4. The molecule has 0 unspecified atom stereocenters. The van der Waals surface area contributed by atoms with Gasteiger partial charge in [-0.3, -0.25) is 19.2 Å². The zero-order valence-corrected chi connectivity index (χ0v) is 50.7. The number of amides is 4. The van der Waals surface area contributed by atoms with Gasteiger partial charge in [0.2, 0.25) is 0 Å². The van der Waals surface area contributed by atoms with E-state index in [1.54, 1.807) is 45.3 Å². The molecule has 16 rings (SSSR count). The largest absolute Gasteiger partial charge is 0.268 e. The molecule has 10 heteroatoms. The summed E-state index contributed by atoms with van der Waals surface area (Å²) in [6, 6.07) is 46.6. The zero-order chi connectivity index (χ0) is 57.5. The van der Waals surface area contributed by atoms with Crippen molar-refractivity contribution in [2.45, 2.75) is 79.1 Å². The molecule has 2 aliphatic rings. The number of hydrogen-bond acceptors (Lipinski definition) is 8. The van der Waals surface area contributed by atoms with E-state index in [-0.39, 0.29) is 47.3 Å². The van der Waals surface area contributed by atoms with Crippen LogP contribution in [-0.2, 0) is 0 Å². The Morgan fingerprint density at radius 3 is 0.738 bits per heavy atom. The van der Waals surface area contributed by atoms with E-state index < -0.39 is 0 Å². The molecule has 6 nitrogen and oxygen atoms in total. The van der Waals surface area contributed by atoms with Gasteiger partial charge in [-0.2, -0.15) is 0 Å². The standard InChI is InChI=1S/C74H54N2O4S4/c1-35(2)39-15-9-16-40(36(3)4)69(39)75-71(77)51-31-47(55-19-11-27-81-55)61-43-23-25-45-60-46(26-24-44(59(43)60)62-48(56-20-12-28-82-56)32-52(72(75)78)65(51)67(61)62)64-50(58-22-14-30-84-58)34-54-66-53(33-49(63(45)68(64)66)57-21-13-29-83-57)73(79)76(74(54)80)70-41(37(5)6)17-10-18-42(70)38(7)8/h9-38H,1-8H3. The average Bonchev–Trinajstić information content (AvgIpc) is 2.49. The monoisotopic (exact) mass is 1160 g/mol. The van der Waals surface area contributed by atoms with Gasteiger partial charge in [0.15, 0.2) is 0 Å². The molecule has 0 bridgehead atoms. The average molecular weight is 1160 g/mol. The predicted octanol–water partition coefficient (Wildman–Crippen LogP) is 21.6. The molecule has 0 saturated carbocycles. The molecule has 0 spiro atoms. The van der Waals surface area contributed by atoms with Crippen LogP contribution in [0.2, 0.25) is 0 Å². The third-order valence-corrected chi connectivity index (χ3v) is 21.7. The van der Waals surface area contributed by atoms with Crippen LogP contribution in [0.1, 0.15) is 143 Å². The Balaban J connectivity index is 1.08. The predicted molar refractivity (Wildman–Crippen MR) is 356 cm³/mol. The summed E-state index contributed by atoms with van der Waals surface area (Å²) in [6.45, 7) is 17.0. The van der Waals surface area contributed by atoms with Crippen molar-refractivity contribution in [3.63, 3.8) is 0 Å². The van der Waals surface area contributed by atoms with E-state index in [1.807, 2.05) is 12.1 Å². The first-order valence-electron chi connectivity index (χ1n) is 28.9. The molecule has 0 N–H and O–H groups in total. The van der Waals surface area contributed by atoms with Crippen molar-refractivity contribution in [2.75, 3.05) is 9.80 Å². The number of imide groups is 2. The fourth-order valence-corrected chi connectivity index (χ4v) is 17.5. The highest BCUT2D eigenvalue weighted by Gasteiger charge is 2.43. The highest BCUT2D eigenvalue weighted by molar-refractivity contribution is 7.14. The summed E-state index contributed by atoms with van der Waals surface area (Å²) in [4.78, 5) is 70.8.